The zero-order valence-electron chi connectivity index (χ0n) is 19.9. The Balaban J connectivity index is 1.36. The SMILES string of the molecule is Cn1c(C[NH+]2CCOCC2)nnc1SCC(=O)Nc1sc2c(c1C#N)CC[C@H](C(C)(C)C)C2. The van der Waals surface area contributed by atoms with Crippen LogP contribution in [0.1, 0.15) is 49.0 Å². The molecule has 33 heavy (non-hydrogen) atoms. The Morgan fingerprint density at radius 1 is 1.36 bits per heavy atom. The fourth-order valence-corrected chi connectivity index (χ4v) is 6.53. The Bertz CT molecular complexity index is 1040. The van der Waals surface area contributed by atoms with Crippen molar-refractivity contribution in [3.63, 3.8) is 0 Å². The van der Waals surface area contributed by atoms with Crippen molar-refractivity contribution >= 4 is 34.0 Å². The number of thiophene rings is 1. The largest absolute Gasteiger partial charge is 0.370 e. The van der Waals surface area contributed by atoms with Gasteiger partial charge < -0.3 is 19.5 Å². The monoisotopic (exact) mass is 489 g/mol. The summed E-state index contributed by atoms with van der Waals surface area (Å²) in [6, 6.07) is 2.34. The number of carbonyl (C=O) groups excluding carboxylic acids is 1. The van der Waals surface area contributed by atoms with Crippen LogP contribution in [0.5, 0.6) is 0 Å². The molecule has 0 radical (unpaired) electrons. The molecular weight excluding hydrogens is 456 g/mol. The second kappa shape index (κ2) is 10.1. The lowest BCUT2D eigenvalue weighted by atomic mass is 9.72. The number of hydrogen-bond acceptors (Lipinski definition) is 7. The zero-order chi connectivity index (χ0) is 23.6. The molecule has 178 valence electrons. The molecule has 1 fully saturated rings. The number of anilines is 1. The van der Waals surface area contributed by atoms with E-state index in [0.717, 1.165) is 68.7 Å². The maximum atomic E-state index is 12.7. The predicted molar refractivity (Wildman–Crippen MR) is 130 cm³/mol. The third-order valence-electron chi connectivity index (χ3n) is 6.72. The van der Waals surface area contributed by atoms with Crippen molar-refractivity contribution in [3.05, 3.63) is 21.8 Å². The molecule has 1 aliphatic heterocycles. The number of nitrogens with one attached hydrogen (secondary N) is 2. The van der Waals surface area contributed by atoms with Crippen LogP contribution in [-0.2, 0) is 36.0 Å². The highest BCUT2D eigenvalue weighted by molar-refractivity contribution is 7.99. The highest BCUT2D eigenvalue weighted by Gasteiger charge is 2.32. The van der Waals surface area contributed by atoms with E-state index in [-0.39, 0.29) is 17.1 Å². The summed E-state index contributed by atoms with van der Waals surface area (Å²) in [5.74, 6) is 1.62. The summed E-state index contributed by atoms with van der Waals surface area (Å²) >= 11 is 2.95. The molecule has 1 saturated heterocycles. The number of carbonyl (C=O) groups is 1. The van der Waals surface area contributed by atoms with Crippen LogP contribution >= 0.6 is 23.1 Å². The summed E-state index contributed by atoms with van der Waals surface area (Å²) in [5.41, 5.74) is 2.02. The Morgan fingerprint density at radius 2 is 2.12 bits per heavy atom. The van der Waals surface area contributed by atoms with Gasteiger partial charge in [-0.15, -0.1) is 21.5 Å². The Morgan fingerprint density at radius 3 is 2.82 bits per heavy atom. The molecule has 2 aromatic heterocycles. The van der Waals surface area contributed by atoms with Crippen molar-refractivity contribution in [1.82, 2.24) is 14.8 Å². The van der Waals surface area contributed by atoms with Crippen LogP contribution in [0.25, 0.3) is 0 Å². The molecule has 1 aliphatic carbocycles. The van der Waals surface area contributed by atoms with E-state index < -0.39 is 0 Å². The molecule has 8 nitrogen and oxygen atoms in total. The number of ether oxygens (including phenoxy) is 1. The van der Waals surface area contributed by atoms with E-state index in [2.05, 4.69) is 42.4 Å². The van der Waals surface area contributed by atoms with Crippen molar-refractivity contribution in [1.29, 1.82) is 5.26 Å². The van der Waals surface area contributed by atoms with Gasteiger partial charge in [0.2, 0.25) is 5.91 Å². The minimum Gasteiger partial charge on any atom is -0.370 e. The summed E-state index contributed by atoms with van der Waals surface area (Å²) in [5, 5.41) is 22.8. The van der Waals surface area contributed by atoms with Gasteiger partial charge >= 0.3 is 0 Å². The highest BCUT2D eigenvalue weighted by atomic mass is 32.2. The van der Waals surface area contributed by atoms with Crippen molar-refractivity contribution in [3.8, 4) is 6.07 Å². The fraction of sp³-hybridized carbons (Fsp3) is 0.652. The van der Waals surface area contributed by atoms with Crippen molar-refractivity contribution in [2.24, 2.45) is 18.4 Å². The summed E-state index contributed by atoms with van der Waals surface area (Å²) < 4.78 is 7.39. The first-order valence-corrected chi connectivity index (χ1v) is 13.3. The highest BCUT2D eigenvalue weighted by Crippen LogP contribution is 2.44. The van der Waals surface area contributed by atoms with Crippen molar-refractivity contribution in [2.75, 3.05) is 37.4 Å². The molecule has 2 aromatic rings. The Labute approximate surface area is 203 Å². The molecule has 10 heteroatoms. The first kappa shape index (κ1) is 24.2. The standard InChI is InChI=1S/C23H32N6O2S2/c1-23(2,3)15-5-6-16-17(12-24)21(33-18(16)11-15)25-20(30)14-32-22-27-26-19(28(22)4)13-29-7-9-31-10-8-29/h15H,5-11,13-14H2,1-4H3,(H,25,30)/p+1/t15-/m0/s1. The lowest BCUT2D eigenvalue weighted by Crippen LogP contribution is -3.12. The number of hydrogen-bond donors (Lipinski definition) is 2. The van der Waals surface area contributed by atoms with Crippen LogP contribution in [0.3, 0.4) is 0 Å². The lowest BCUT2D eigenvalue weighted by Gasteiger charge is -2.33. The number of morpholine rings is 1. The van der Waals surface area contributed by atoms with Gasteiger partial charge in [0.15, 0.2) is 11.0 Å². The maximum Gasteiger partial charge on any atom is 0.235 e. The van der Waals surface area contributed by atoms with Gasteiger partial charge in [-0.3, -0.25) is 4.79 Å². The van der Waals surface area contributed by atoms with E-state index in [4.69, 9.17) is 4.74 Å². The van der Waals surface area contributed by atoms with Gasteiger partial charge in [0, 0.05) is 11.9 Å². The van der Waals surface area contributed by atoms with E-state index in [0.29, 0.717) is 16.5 Å². The summed E-state index contributed by atoms with van der Waals surface area (Å²) in [6.45, 7) is 11.2. The van der Waals surface area contributed by atoms with E-state index >= 15 is 0 Å². The van der Waals surface area contributed by atoms with E-state index in [1.807, 2.05) is 11.6 Å². The zero-order valence-corrected chi connectivity index (χ0v) is 21.5. The molecule has 0 saturated carbocycles. The van der Waals surface area contributed by atoms with Gasteiger partial charge in [-0.25, -0.2) is 0 Å². The minimum atomic E-state index is -0.120. The number of nitrogens with zero attached hydrogens (tertiary/aromatic N) is 4. The number of thioether (sulfide) groups is 1. The smallest absolute Gasteiger partial charge is 0.235 e. The van der Waals surface area contributed by atoms with Crippen LogP contribution in [-0.4, -0.2) is 52.7 Å². The maximum absolute atomic E-state index is 12.7. The molecule has 2 aliphatic rings. The van der Waals surface area contributed by atoms with Crippen molar-refractivity contribution < 1.29 is 14.4 Å². The van der Waals surface area contributed by atoms with Gasteiger partial charge in [0.05, 0.1) is 24.5 Å². The lowest BCUT2D eigenvalue weighted by molar-refractivity contribution is -0.922. The molecule has 0 bridgehead atoms. The normalized spacial score (nSPS) is 19.2. The van der Waals surface area contributed by atoms with Crippen molar-refractivity contribution in [2.45, 2.75) is 51.7 Å². The molecule has 3 heterocycles. The van der Waals surface area contributed by atoms with E-state index in [1.54, 1.807) is 11.3 Å². The second-order valence-corrected chi connectivity index (χ2v) is 12.0. The number of nitriles is 1. The summed E-state index contributed by atoms with van der Waals surface area (Å²) in [4.78, 5) is 15.4. The first-order valence-electron chi connectivity index (χ1n) is 11.5. The van der Waals surface area contributed by atoms with Gasteiger partial charge in [-0.1, -0.05) is 32.5 Å². The average Bonchev–Trinajstić information content (AvgIpc) is 3.31. The molecule has 0 spiro atoms. The number of fused-ring (bicyclic) bond motifs is 1. The fourth-order valence-electron chi connectivity index (χ4n) is 4.51. The molecule has 1 amide bonds. The molecule has 0 unspecified atom stereocenters. The van der Waals surface area contributed by atoms with E-state index in [9.17, 15) is 10.1 Å². The Kier molecular flexibility index (Phi) is 7.43. The molecule has 4 rings (SSSR count). The summed E-state index contributed by atoms with van der Waals surface area (Å²) in [6.07, 6.45) is 2.98. The van der Waals surface area contributed by atoms with Crippen LogP contribution in [0, 0.1) is 22.7 Å². The van der Waals surface area contributed by atoms with E-state index in [1.165, 1.54) is 21.5 Å². The molecule has 2 N–H and O–H groups in total. The number of amides is 1. The third-order valence-corrected chi connectivity index (χ3v) is 8.91. The number of quaternary nitrogens is 1. The Hall–Kier alpha value is -1.93. The van der Waals surface area contributed by atoms with Gasteiger partial charge in [0.1, 0.15) is 30.7 Å². The molecule has 1 atom stereocenters. The number of rotatable bonds is 6. The van der Waals surface area contributed by atoms with Crippen LogP contribution in [0.2, 0.25) is 0 Å². The van der Waals surface area contributed by atoms with Crippen LogP contribution < -0.4 is 10.2 Å². The van der Waals surface area contributed by atoms with Crippen LogP contribution in [0.4, 0.5) is 5.00 Å². The minimum absolute atomic E-state index is 0.120. The van der Waals surface area contributed by atoms with Crippen LogP contribution in [0.15, 0.2) is 5.16 Å². The van der Waals surface area contributed by atoms with Gasteiger partial charge in [0.25, 0.3) is 0 Å². The van der Waals surface area contributed by atoms with Gasteiger partial charge in [-0.2, -0.15) is 5.26 Å². The first-order chi connectivity index (χ1) is 15.8. The third kappa shape index (κ3) is 5.60. The molecular formula is C23H33N6O2S2+. The number of aromatic nitrogens is 3. The topological polar surface area (TPSA) is 97.3 Å². The quantitative estimate of drug-likeness (QED) is 0.603. The second-order valence-electron chi connectivity index (χ2n) is 9.96. The predicted octanol–water partition coefficient (Wildman–Crippen LogP) is 2.05. The van der Waals surface area contributed by atoms with Gasteiger partial charge in [-0.05, 0) is 36.2 Å². The summed E-state index contributed by atoms with van der Waals surface area (Å²) in [7, 11) is 1.95. The average molecular weight is 490 g/mol. The molecule has 0 aromatic carbocycles.